The van der Waals surface area contributed by atoms with Crippen molar-refractivity contribution in [1.82, 2.24) is 24.8 Å². The minimum Gasteiger partial charge on any atom is -0.393 e. The molecule has 3 aliphatic rings. The summed E-state index contributed by atoms with van der Waals surface area (Å²) in [6, 6.07) is 20.9. The number of imidazole rings is 1. The van der Waals surface area contributed by atoms with E-state index in [2.05, 4.69) is 64.5 Å². The first-order chi connectivity index (χ1) is 22.8. The molecule has 4 aromatic rings. The highest BCUT2D eigenvalue weighted by Crippen LogP contribution is 2.44. The van der Waals surface area contributed by atoms with Gasteiger partial charge in [0.2, 0.25) is 5.95 Å². The highest BCUT2D eigenvalue weighted by Gasteiger charge is 2.58. The Bertz CT molecular complexity index is 1640. The van der Waals surface area contributed by atoms with Crippen LogP contribution < -0.4 is 16.0 Å². The summed E-state index contributed by atoms with van der Waals surface area (Å²) in [7, 11) is 0. The average molecular weight is 642 g/mol. The van der Waals surface area contributed by atoms with Gasteiger partial charge in [-0.1, -0.05) is 60.7 Å². The smallest absolute Gasteiger partial charge is 0.252 e. The lowest BCUT2D eigenvalue weighted by Crippen LogP contribution is -2.42. The van der Waals surface area contributed by atoms with E-state index in [1.165, 1.54) is 11.1 Å². The third-order valence-electron chi connectivity index (χ3n) is 9.24. The number of aliphatic hydroxyl groups is 1. The van der Waals surface area contributed by atoms with Crippen LogP contribution in [0.1, 0.15) is 69.7 Å². The molecule has 1 aliphatic carbocycles. The molecule has 12 heteroatoms. The first-order valence-corrected chi connectivity index (χ1v) is 16.6. The lowest BCUT2D eigenvalue weighted by atomic mass is 9.91. The summed E-state index contributed by atoms with van der Waals surface area (Å²) in [6.45, 7) is 6.59. The average Bonchev–Trinajstić information content (AvgIpc) is 3.74. The molecule has 47 heavy (non-hydrogen) atoms. The van der Waals surface area contributed by atoms with Crippen LogP contribution in [0.15, 0.2) is 67.0 Å². The third-order valence-corrected chi connectivity index (χ3v) is 9.24. The molecule has 4 atom stereocenters. The highest BCUT2D eigenvalue weighted by molar-refractivity contribution is 5.85. The zero-order valence-corrected chi connectivity index (χ0v) is 27.0. The van der Waals surface area contributed by atoms with Crippen molar-refractivity contribution in [3.8, 4) is 0 Å². The van der Waals surface area contributed by atoms with E-state index < -0.39 is 30.3 Å². The van der Waals surface area contributed by atoms with E-state index in [0.717, 1.165) is 25.7 Å². The van der Waals surface area contributed by atoms with Crippen molar-refractivity contribution < 1.29 is 24.1 Å². The molecule has 0 bridgehead atoms. The van der Waals surface area contributed by atoms with E-state index in [-0.39, 0.29) is 24.0 Å². The van der Waals surface area contributed by atoms with Crippen LogP contribution >= 0.6 is 0 Å². The van der Waals surface area contributed by atoms with E-state index in [4.69, 9.17) is 29.2 Å². The second-order valence-corrected chi connectivity index (χ2v) is 13.0. The van der Waals surface area contributed by atoms with Crippen LogP contribution in [-0.2, 0) is 19.0 Å². The Morgan fingerprint density at radius 1 is 0.979 bits per heavy atom. The van der Waals surface area contributed by atoms with E-state index in [1.54, 1.807) is 6.33 Å². The Morgan fingerprint density at radius 3 is 2.30 bits per heavy atom. The fraction of sp³-hybridized carbons (Fsp3) is 0.486. The Labute approximate surface area is 274 Å². The van der Waals surface area contributed by atoms with Gasteiger partial charge in [0, 0.05) is 25.0 Å². The van der Waals surface area contributed by atoms with Gasteiger partial charge < -0.3 is 35.3 Å². The Morgan fingerprint density at radius 2 is 1.64 bits per heavy atom. The first kappa shape index (κ1) is 31.5. The summed E-state index contributed by atoms with van der Waals surface area (Å²) < 4.78 is 20.7. The molecule has 248 valence electrons. The summed E-state index contributed by atoms with van der Waals surface area (Å²) in [4.78, 5) is 27.7. The molecule has 3 fully saturated rings. The zero-order valence-electron chi connectivity index (χ0n) is 27.0. The minimum absolute atomic E-state index is 0.0590. The van der Waals surface area contributed by atoms with Crippen molar-refractivity contribution in [1.29, 1.82) is 0 Å². The van der Waals surface area contributed by atoms with Crippen molar-refractivity contribution in [3.63, 3.8) is 0 Å². The molecule has 2 aromatic heterocycles. The molecule has 4 N–H and O–H groups in total. The van der Waals surface area contributed by atoms with Gasteiger partial charge in [-0.25, -0.2) is 4.98 Å². The predicted octanol–water partition coefficient (Wildman–Crippen LogP) is 4.34. The van der Waals surface area contributed by atoms with E-state index >= 15 is 0 Å². The van der Waals surface area contributed by atoms with Crippen molar-refractivity contribution in [3.05, 3.63) is 78.1 Å². The van der Waals surface area contributed by atoms with Crippen LogP contribution in [0, 0.1) is 0 Å². The lowest BCUT2D eigenvalue weighted by molar-refractivity contribution is -0.197. The van der Waals surface area contributed by atoms with E-state index in [1.807, 2.05) is 37.5 Å². The minimum atomic E-state index is -0.887. The molecule has 12 nitrogen and oxygen atoms in total. The summed E-state index contributed by atoms with van der Waals surface area (Å²) in [5.41, 5.74) is 3.49. The Balaban J connectivity index is 1.25. The number of benzene rings is 2. The number of carbonyl (C=O) groups excluding carboxylic acids is 1. The maximum Gasteiger partial charge on any atom is 0.252 e. The zero-order chi connectivity index (χ0) is 32.5. The molecule has 2 aliphatic heterocycles. The molecule has 0 spiro atoms. The summed E-state index contributed by atoms with van der Waals surface area (Å²) in [6.07, 6.45) is 1.78. The van der Waals surface area contributed by atoms with Crippen LogP contribution in [-0.4, -0.2) is 79.9 Å². The van der Waals surface area contributed by atoms with Gasteiger partial charge in [0.25, 0.3) is 5.91 Å². The van der Waals surface area contributed by atoms with Crippen molar-refractivity contribution in [2.24, 2.45) is 0 Å². The van der Waals surface area contributed by atoms with Crippen molar-refractivity contribution >= 4 is 28.8 Å². The monoisotopic (exact) mass is 641 g/mol. The predicted molar refractivity (Wildman–Crippen MR) is 177 cm³/mol. The van der Waals surface area contributed by atoms with Crippen LogP contribution in [0.5, 0.6) is 0 Å². The molecule has 4 heterocycles. The van der Waals surface area contributed by atoms with Gasteiger partial charge in [0.15, 0.2) is 35.1 Å². The SMILES string of the molecule is CCNC(=O)[C@H]1O[C@@H](n2cnc3c(NCC(c4ccccc4)c4ccccc4)nc(N[C@H]4CC[C@@H](O)CC4)nc32)[C@@H]2OC(C)(C)O[C@@H]21. The molecule has 2 saturated heterocycles. The number of hydrogen-bond donors (Lipinski definition) is 4. The summed E-state index contributed by atoms with van der Waals surface area (Å²) in [5.74, 6) is -0.0331. The number of hydrogen-bond acceptors (Lipinski definition) is 10. The van der Waals surface area contributed by atoms with Gasteiger partial charge in [0.05, 0.1) is 12.4 Å². The van der Waals surface area contributed by atoms with Gasteiger partial charge in [0.1, 0.15) is 12.2 Å². The Hall–Kier alpha value is -4.10. The molecule has 2 aromatic carbocycles. The lowest BCUT2D eigenvalue weighted by Gasteiger charge is -2.26. The number of aliphatic hydroxyl groups excluding tert-OH is 1. The number of carbonyl (C=O) groups is 1. The molecule has 0 unspecified atom stereocenters. The van der Waals surface area contributed by atoms with Crippen LogP contribution in [0.4, 0.5) is 11.8 Å². The first-order valence-electron chi connectivity index (χ1n) is 16.6. The molecule has 0 radical (unpaired) electrons. The number of aromatic nitrogens is 4. The normalized spacial score (nSPS) is 26.7. The van der Waals surface area contributed by atoms with Crippen LogP contribution in [0.3, 0.4) is 0 Å². The fourth-order valence-electron chi connectivity index (χ4n) is 6.98. The second kappa shape index (κ2) is 13.2. The molecule has 1 saturated carbocycles. The van der Waals surface area contributed by atoms with E-state index in [9.17, 15) is 9.90 Å². The number of rotatable bonds is 10. The standard InChI is InChI=1S/C35H43N7O5/c1-4-36-32(44)28-27-29(47-35(2,3)46-27)33(45-28)42-20-38-26-30(40-34(41-31(26)42)39-23-15-17-24(43)18-16-23)37-19-25(21-11-7-5-8-12-21)22-13-9-6-10-14-22/h5-14,20,23-25,27-29,33,43H,4,15-19H2,1-3H3,(H,36,44)(H2,37,39,40,41)/t23-,24+,27-,28+,29-,33-/m1/s1. The topological polar surface area (TPSA) is 145 Å². The van der Waals surface area contributed by atoms with Crippen molar-refractivity contribution in [2.75, 3.05) is 23.7 Å². The number of nitrogens with zero attached hydrogens (tertiary/aromatic N) is 4. The number of nitrogens with one attached hydrogen (secondary N) is 3. The number of likely N-dealkylation sites (N-methyl/N-ethyl adjacent to an activating group) is 1. The van der Waals surface area contributed by atoms with Gasteiger partial charge >= 0.3 is 0 Å². The maximum absolute atomic E-state index is 13.1. The largest absolute Gasteiger partial charge is 0.393 e. The van der Waals surface area contributed by atoms with Gasteiger partial charge in [-0.05, 0) is 57.6 Å². The van der Waals surface area contributed by atoms with Gasteiger partial charge in [-0.3, -0.25) is 9.36 Å². The number of ether oxygens (including phenoxy) is 3. The molecule has 7 rings (SSSR count). The highest BCUT2D eigenvalue weighted by atomic mass is 16.8. The van der Waals surface area contributed by atoms with Crippen LogP contribution in [0.2, 0.25) is 0 Å². The summed E-state index contributed by atoms with van der Waals surface area (Å²) >= 11 is 0. The summed E-state index contributed by atoms with van der Waals surface area (Å²) in [5, 5.41) is 20.1. The maximum atomic E-state index is 13.1. The van der Waals surface area contributed by atoms with Crippen molar-refractivity contribution in [2.45, 2.75) is 94.8 Å². The fourth-order valence-corrected chi connectivity index (χ4v) is 6.98. The Kier molecular flexibility index (Phi) is 8.84. The van der Waals surface area contributed by atoms with Gasteiger partial charge in [-0.2, -0.15) is 9.97 Å². The third kappa shape index (κ3) is 6.55. The molecular weight excluding hydrogens is 598 g/mol. The second-order valence-electron chi connectivity index (χ2n) is 13.0. The quantitative estimate of drug-likeness (QED) is 0.197. The van der Waals surface area contributed by atoms with Crippen LogP contribution in [0.25, 0.3) is 11.2 Å². The van der Waals surface area contributed by atoms with Gasteiger partial charge in [-0.15, -0.1) is 0 Å². The number of fused-ring (bicyclic) bond motifs is 2. The van der Waals surface area contributed by atoms with E-state index in [0.29, 0.717) is 36.0 Å². The number of anilines is 2. The molecular formula is C35H43N7O5. The number of amides is 1. The molecule has 1 amide bonds.